The molecule has 0 amide bonds. The van der Waals surface area contributed by atoms with Crippen molar-refractivity contribution in [1.29, 1.82) is 0 Å². The zero-order chi connectivity index (χ0) is 13.5. The Morgan fingerprint density at radius 3 is 2.89 bits per heavy atom. The molecule has 0 radical (unpaired) electrons. The predicted octanol–water partition coefficient (Wildman–Crippen LogP) is 2.37. The minimum Gasteiger partial charge on any atom is -0.385 e. The van der Waals surface area contributed by atoms with Gasteiger partial charge in [-0.15, -0.1) is 0 Å². The number of nitrogens with zero attached hydrogens (tertiary/aromatic N) is 2. The van der Waals surface area contributed by atoms with Gasteiger partial charge in [0.2, 0.25) is 0 Å². The van der Waals surface area contributed by atoms with Gasteiger partial charge < -0.3 is 10.1 Å². The number of rotatable bonds is 6. The van der Waals surface area contributed by atoms with Gasteiger partial charge >= 0.3 is 0 Å². The van der Waals surface area contributed by atoms with Crippen LogP contribution in [0.1, 0.15) is 25.5 Å². The molecular weight excluding hydrogens is 238 g/mol. The number of piperidine rings is 1. The highest BCUT2D eigenvalue weighted by molar-refractivity contribution is 5.42. The van der Waals surface area contributed by atoms with Crippen molar-refractivity contribution >= 4 is 5.69 Å². The third kappa shape index (κ3) is 4.48. The summed E-state index contributed by atoms with van der Waals surface area (Å²) in [6.45, 7) is 7.23. The van der Waals surface area contributed by atoms with Gasteiger partial charge in [-0.1, -0.05) is 0 Å². The van der Waals surface area contributed by atoms with E-state index >= 15 is 0 Å². The zero-order valence-electron chi connectivity index (χ0n) is 12.1. The van der Waals surface area contributed by atoms with Gasteiger partial charge in [-0.25, -0.2) is 0 Å². The lowest BCUT2D eigenvalue weighted by Crippen LogP contribution is -2.34. The largest absolute Gasteiger partial charge is 0.385 e. The molecular formula is C15H25N3O. The third-order valence-corrected chi connectivity index (χ3v) is 3.69. The Kier molecular flexibility index (Phi) is 5.61. The summed E-state index contributed by atoms with van der Waals surface area (Å²) in [5.74, 6) is 0.738. The summed E-state index contributed by atoms with van der Waals surface area (Å²) in [6.07, 6.45) is 4.37. The van der Waals surface area contributed by atoms with Crippen LogP contribution in [0.25, 0.3) is 0 Å². The molecule has 4 heteroatoms. The van der Waals surface area contributed by atoms with Crippen LogP contribution in [-0.4, -0.2) is 43.2 Å². The molecule has 1 aliphatic rings. The SMILES string of the molecule is CCNc1ccnc(CN2CCC(COC)CC2)c1. The van der Waals surface area contributed by atoms with Gasteiger partial charge in [0.1, 0.15) is 0 Å². The van der Waals surface area contributed by atoms with E-state index in [4.69, 9.17) is 4.74 Å². The molecule has 1 saturated heterocycles. The fourth-order valence-electron chi connectivity index (χ4n) is 2.65. The second-order valence-corrected chi connectivity index (χ2v) is 5.24. The van der Waals surface area contributed by atoms with Crippen LogP contribution in [0.5, 0.6) is 0 Å². The monoisotopic (exact) mass is 263 g/mol. The number of anilines is 1. The predicted molar refractivity (Wildman–Crippen MR) is 78.3 cm³/mol. The number of ether oxygens (including phenoxy) is 1. The molecule has 106 valence electrons. The second-order valence-electron chi connectivity index (χ2n) is 5.24. The maximum absolute atomic E-state index is 5.24. The number of aromatic nitrogens is 1. The molecule has 0 unspecified atom stereocenters. The molecule has 4 nitrogen and oxygen atoms in total. The highest BCUT2D eigenvalue weighted by Crippen LogP contribution is 2.19. The van der Waals surface area contributed by atoms with Crippen molar-refractivity contribution in [2.24, 2.45) is 5.92 Å². The van der Waals surface area contributed by atoms with Crippen molar-refractivity contribution in [3.8, 4) is 0 Å². The second kappa shape index (κ2) is 7.46. The summed E-state index contributed by atoms with van der Waals surface area (Å²) in [5.41, 5.74) is 2.32. The van der Waals surface area contributed by atoms with E-state index in [2.05, 4.69) is 28.2 Å². The van der Waals surface area contributed by atoms with Gasteiger partial charge in [-0.3, -0.25) is 9.88 Å². The summed E-state index contributed by atoms with van der Waals surface area (Å²) in [6, 6.07) is 4.18. The maximum Gasteiger partial charge on any atom is 0.0564 e. The van der Waals surface area contributed by atoms with Gasteiger partial charge in [0.15, 0.2) is 0 Å². The number of hydrogen-bond donors (Lipinski definition) is 1. The Hall–Kier alpha value is -1.13. The molecule has 2 heterocycles. The fraction of sp³-hybridized carbons (Fsp3) is 0.667. The first kappa shape index (κ1) is 14.3. The van der Waals surface area contributed by atoms with Gasteiger partial charge in [0.25, 0.3) is 0 Å². The molecule has 1 aromatic rings. The number of pyridine rings is 1. The van der Waals surface area contributed by atoms with Crippen molar-refractivity contribution in [1.82, 2.24) is 9.88 Å². The normalized spacial score (nSPS) is 17.6. The smallest absolute Gasteiger partial charge is 0.0564 e. The van der Waals surface area contributed by atoms with E-state index in [1.165, 1.54) is 18.5 Å². The molecule has 0 aliphatic carbocycles. The van der Waals surface area contributed by atoms with Crippen molar-refractivity contribution in [3.05, 3.63) is 24.0 Å². The Balaban J connectivity index is 1.83. The van der Waals surface area contributed by atoms with E-state index in [9.17, 15) is 0 Å². The zero-order valence-corrected chi connectivity index (χ0v) is 12.1. The summed E-state index contributed by atoms with van der Waals surface area (Å²) in [4.78, 5) is 6.96. The maximum atomic E-state index is 5.24. The molecule has 2 rings (SSSR count). The topological polar surface area (TPSA) is 37.4 Å². The van der Waals surface area contributed by atoms with Gasteiger partial charge in [0.05, 0.1) is 5.69 Å². The van der Waals surface area contributed by atoms with Crippen LogP contribution in [0.15, 0.2) is 18.3 Å². The molecule has 0 spiro atoms. The molecule has 1 aromatic heterocycles. The third-order valence-electron chi connectivity index (χ3n) is 3.69. The minimum absolute atomic E-state index is 0.738. The van der Waals surface area contributed by atoms with E-state index in [1.807, 2.05) is 12.3 Å². The first-order valence-corrected chi connectivity index (χ1v) is 7.22. The molecule has 1 aliphatic heterocycles. The van der Waals surface area contributed by atoms with Crippen LogP contribution in [0.4, 0.5) is 5.69 Å². The number of hydrogen-bond acceptors (Lipinski definition) is 4. The number of likely N-dealkylation sites (tertiary alicyclic amines) is 1. The van der Waals surface area contributed by atoms with Crippen molar-refractivity contribution in [3.63, 3.8) is 0 Å². The van der Waals surface area contributed by atoms with Gasteiger partial charge in [-0.05, 0) is 50.9 Å². The first-order valence-electron chi connectivity index (χ1n) is 7.22. The van der Waals surface area contributed by atoms with Crippen LogP contribution < -0.4 is 5.32 Å². The quantitative estimate of drug-likeness (QED) is 0.855. The van der Waals surface area contributed by atoms with E-state index < -0.39 is 0 Å². The molecule has 0 atom stereocenters. The van der Waals surface area contributed by atoms with Crippen molar-refractivity contribution in [2.45, 2.75) is 26.3 Å². The van der Waals surface area contributed by atoms with E-state index in [1.54, 1.807) is 7.11 Å². The first-order chi connectivity index (χ1) is 9.31. The average molecular weight is 263 g/mol. The average Bonchev–Trinajstić information content (AvgIpc) is 2.42. The molecule has 19 heavy (non-hydrogen) atoms. The minimum atomic E-state index is 0.738. The van der Waals surface area contributed by atoms with Gasteiger partial charge in [0, 0.05) is 38.7 Å². The summed E-state index contributed by atoms with van der Waals surface area (Å²) >= 11 is 0. The lowest BCUT2D eigenvalue weighted by Gasteiger charge is -2.31. The lowest BCUT2D eigenvalue weighted by atomic mass is 9.98. The Morgan fingerprint density at radius 2 is 2.21 bits per heavy atom. The van der Waals surface area contributed by atoms with Gasteiger partial charge in [-0.2, -0.15) is 0 Å². The molecule has 0 bridgehead atoms. The highest BCUT2D eigenvalue weighted by Gasteiger charge is 2.19. The number of nitrogens with one attached hydrogen (secondary N) is 1. The molecule has 1 fully saturated rings. The van der Waals surface area contributed by atoms with E-state index in [0.29, 0.717) is 0 Å². The molecule has 0 saturated carbocycles. The standard InChI is InChI=1S/C15H25N3O/c1-3-16-14-4-7-17-15(10-14)11-18-8-5-13(6-9-18)12-19-2/h4,7,10,13H,3,5-6,8-9,11-12H2,1-2H3,(H,16,17). The summed E-state index contributed by atoms with van der Waals surface area (Å²) in [7, 11) is 1.79. The molecule has 1 N–H and O–H groups in total. The summed E-state index contributed by atoms with van der Waals surface area (Å²) in [5, 5.41) is 3.33. The van der Waals surface area contributed by atoms with E-state index in [-0.39, 0.29) is 0 Å². The highest BCUT2D eigenvalue weighted by atomic mass is 16.5. The number of methoxy groups -OCH3 is 1. The molecule has 0 aromatic carbocycles. The van der Waals surface area contributed by atoms with Crippen molar-refractivity contribution in [2.75, 3.05) is 38.7 Å². The van der Waals surface area contributed by atoms with E-state index in [0.717, 1.165) is 44.4 Å². The van der Waals surface area contributed by atoms with Crippen LogP contribution in [0.3, 0.4) is 0 Å². The van der Waals surface area contributed by atoms with Crippen LogP contribution >= 0.6 is 0 Å². The van der Waals surface area contributed by atoms with Crippen molar-refractivity contribution < 1.29 is 4.74 Å². The van der Waals surface area contributed by atoms with Crippen LogP contribution in [0, 0.1) is 5.92 Å². The van der Waals surface area contributed by atoms with Crippen LogP contribution in [0.2, 0.25) is 0 Å². The Bertz CT molecular complexity index is 375. The lowest BCUT2D eigenvalue weighted by molar-refractivity contribution is 0.0963. The van der Waals surface area contributed by atoms with Crippen LogP contribution in [-0.2, 0) is 11.3 Å². The fourth-order valence-corrected chi connectivity index (χ4v) is 2.65. The Labute approximate surface area is 116 Å². The summed E-state index contributed by atoms with van der Waals surface area (Å²) < 4.78 is 5.24. The Morgan fingerprint density at radius 1 is 1.42 bits per heavy atom.